The van der Waals surface area contributed by atoms with E-state index in [2.05, 4.69) is 5.16 Å². The zero-order valence-electron chi connectivity index (χ0n) is 21.1. The maximum absolute atomic E-state index is 15.6. The number of piperidine rings is 1. The summed E-state index contributed by atoms with van der Waals surface area (Å²) in [5.74, 6) is -1.15. The van der Waals surface area contributed by atoms with Gasteiger partial charge in [0.2, 0.25) is 5.43 Å². The number of aromatic carboxylic acids is 1. The molecule has 0 bridgehead atoms. The van der Waals surface area contributed by atoms with Crippen LogP contribution >= 0.6 is 0 Å². The maximum atomic E-state index is 15.6. The van der Waals surface area contributed by atoms with Gasteiger partial charge in [-0.25, -0.2) is 9.18 Å². The molecular formula is C27H29FN4O6. The Balaban J connectivity index is 1.44. The van der Waals surface area contributed by atoms with E-state index in [0.29, 0.717) is 29.9 Å². The molecule has 2 aliphatic rings. The number of benzene rings is 2. The Hall–Kier alpha value is -4.12. The van der Waals surface area contributed by atoms with Crippen LogP contribution in [0.2, 0.25) is 0 Å². The van der Waals surface area contributed by atoms with Crippen LogP contribution in [0.1, 0.15) is 41.2 Å². The van der Waals surface area contributed by atoms with Gasteiger partial charge in [0.25, 0.3) is 0 Å². The number of hydrogen-bond acceptors (Lipinski definition) is 8. The van der Waals surface area contributed by atoms with Crippen LogP contribution in [0, 0.1) is 5.82 Å². The van der Waals surface area contributed by atoms with Crippen molar-refractivity contribution in [2.24, 2.45) is 10.9 Å². The predicted octanol–water partition coefficient (Wildman–Crippen LogP) is 3.30. The summed E-state index contributed by atoms with van der Waals surface area (Å²) >= 11 is 0. The molecule has 1 saturated carbocycles. The SMILES string of the molecule is COc1ccccc1CO/N=C1/CCN(c2c(F)cc3c(=O)c(C(=O)O)cn(C4CC4)c3c2OC)CC1N. The van der Waals surface area contributed by atoms with Gasteiger partial charge < -0.3 is 34.6 Å². The number of nitrogens with two attached hydrogens (primary N) is 1. The Morgan fingerprint density at radius 3 is 2.66 bits per heavy atom. The molecule has 1 aromatic heterocycles. The van der Waals surface area contributed by atoms with E-state index in [0.717, 1.165) is 24.5 Å². The molecule has 1 unspecified atom stereocenters. The molecule has 11 heteroatoms. The van der Waals surface area contributed by atoms with Crippen molar-refractivity contribution in [2.45, 2.75) is 38.0 Å². The minimum atomic E-state index is -1.35. The fourth-order valence-electron chi connectivity index (χ4n) is 4.92. The van der Waals surface area contributed by atoms with Gasteiger partial charge in [0.15, 0.2) is 11.6 Å². The number of nitrogens with zero attached hydrogens (tertiary/aromatic N) is 3. The van der Waals surface area contributed by atoms with Crippen LogP contribution in [0.4, 0.5) is 10.1 Å². The van der Waals surface area contributed by atoms with Gasteiger partial charge in [-0.15, -0.1) is 0 Å². The number of hydrogen-bond donors (Lipinski definition) is 2. The Kier molecular flexibility index (Phi) is 6.94. The highest BCUT2D eigenvalue weighted by molar-refractivity contribution is 5.98. The van der Waals surface area contributed by atoms with Crippen LogP contribution in [0.25, 0.3) is 10.9 Å². The third kappa shape index (κ3) is 4.65. The molecule has 0 spiro atoms. The lowest BCUT2D eigenvalue weighted by Gasteiger charge is -2.34. The highest BCUT2D eigenvalue weighted by atomic mass is 19.1. The van der Waals surface area contributed by atoms with Crippen molar-refractivity contribution >= 4 is 28.3 Å². The van der Waals surface area contributed by atoms with E-state index in [-0.39, 0.29) is 36.0 Å². The lowest BCUT2D eigenvalue weighted by atomic mass is 10.0. The summed E-state index contributed by atoms with van der Waals surface area (Å²) in [6.45, 7) is 0.856. The minimum absolute atomic E-state index is 0.0196. The monoisotopic (exact) mass is 524 g/mol. The predicted molar refractivity (Wildman–Crippen MR) is 140 cm³/mol. The second-order valence-electron chi connectivity index (χ2n) is 9.42. The van der Waals surface area contributed by atoms with Gasteiger partial charge in [-0.05, 0) is 25.0 Å². The maximum Gasteiger partial charge on any atom is 0.341 e. The Bertz CT molecular complexity index is 1480. The first-order chi connectivity index (χ1) is 18.3. The first-order valence-electron chi connectivity index (χ1n) is 12.3. The molecule has 0 amide bonds. The third-order valence-corrected chi connectivity index (χ3v) is 6.97. The van der Waals surface area contributed by atoms with Gasteiger partial charge in [0.1, 0.15) is 23.6 Å². The lowest BCUT2D eigenvalue weighted by molar-refractivity contribution is 0.0694. The average molecular weight is 525 g/mol. The van der Waals surface area contributed by atoms with E-state index in [9.17, 15) is 14.7 Å². The van der Waals surface area contributed by atoms with Crippen LogP contribution in [0.15, 0.2) is 46.5 Å². The quantitative estimate of drug-likeness (QED) is 0.430. The normalized spacial score (nSPS) is 18.6. The molecule has 2 heterocycles. The molecule has 10 nitrogen and oxygen atoms in total. The van der Waals surface area contributed by atoms with Crippen LogP contribution < -0.4 is 25.5 Å². The molecule has 200 valence electrons. The fraction of sp³-hybridized carbons (Fsp3) is 0.370. The number of anilines is 1. The fourth-order valence-corrected chi connectivity index (χ4v) is 4.92. The van der Waals surface area contributed by atoms with Gasteiger partial charge in [0, 0.05) is 37.3 Å². The molecule has 3 N–H and O–H groups in total. The third-order valence-electron chi connectivity index (χ3n) is 6.97. The van der Waals surface area contributed by atoms with Crippen molar-refractivity contribution in [1.82, 2.24) is 4.57 Å². The van der Waals surface area contributed by atoms with E-state index in [1.165, 1.54) is 13.3 Å². The largest absolute Gasteiger partial charge is 0.496 e. The van der Waals surface area contributed by atoms with Crippen molar-refractivity contribution in [1.29, 1.82) is 0 Å². The Morgan fingerprint density at radius 2 is 2.00 bits per heavy atom. The van der Waals surface area contributed by atoms with E-state index in [4.69, 9.17) is 20.0 Å². The molecule has 5 rings (SSSR count). The minimum Gasteiger partial charge on any atom is -0.496 e. The lowest BCUT2D eigenvalue weighted by Crippen LogP contribution is -2.49. The summed E-state index contributed by atoms with van der Waals surface area (Å²) < 4.78 is 28.3. The zero-order chi connectivity index (χ0) is 27.0. The van der Waals surface area contributed by atoms with E-state index >= 15 is 4.39 Å². The summed E-state index contributed by atoms with van der Waals surface area (Å²) in [6.07, 6.45) is 3.42. The summed E-state index contributed by atoms with van der Waals surface area (Å²) in [5.41, 5.74) is 7.32. The van der Waals surface area contributed by atoms with Crippen molar-refractivity contribution in [3.63, 3.8) is 0 Å². The summed E-state index contributed by atoms with van der Waals surface area (Å²) in [5, 5.41) is 13.7. The number of oxime groups is 1. The molecule has 1 aliphatic heterocycles. The number of pyridine rings is 1. The molecule has 2 aromatic carbocycles. The standard InChI is InChI=1S/C27H29FN4O6/c1-36-22-6-4-3-5-15(22)14-38-30-21-9-10-31(13-20(21)29)24-19(28)11-17-23(26(24)37-2)32(16-7-8-16)12-18(25(17)33)27(34)35/h3-6,11-12,16,20H,7-10,13-14,29H2,1-2H3,(H,34,35)/b30-21-. The van der Waals surface area contributed by atoms with Crippen LogP contribution in [0.5, 0.6) is 11.5 Å². The number of halogens is 1. The molecule has 2 fully saturated rings. The average Bonchev–Trinajstić information content (AvgIpc) is 3.75. The number of carbonyl (C=O) groups is 1. The number of carboxylic acids is 1. The van der Waals surface area contributed by atoms with E-state index in [1.807, 2.05) is 24.3 Å². The highest BCUT2D eigenvalue weighted by Gasteiger charge is 2.33. The summed E-state index contributed by atoms with van der Waals surface area (Å²) in [7, 11) is 3.00. The molecular weight excluding hydrogens is 495 g/mol. The van der Waals surface area contributed by atoms with E-state index < -0.39 is 28.8 Å². The highest BCUT2D eigenvalue weighted by Crippen LogP contribution is 2.44. The van der Waals surface area contributed by atoms with Crippen LogP contribution in [0.3, 0.4) is 0 Å². The van der Waals surface area contributed by atoms with E-state index in [1.54, 1.807) is 16.6 Å². The van der Waals surface area contributed by atoms with Crippen molar-refractivity contribution < 1.29 is 28.6 Å². The van der Waals surface area contributed by atoms with Crippen molar-refractivity contribution in [2.75, 3.05) is 32.2 Å². The first-order valence-corrected chi connectivity index (χ1v) is 12.3. The van der Waals surface area contributed by atoms with Gasteiger partial charge in [-0.2, -0.15) is 0 Å². The zero-order valence-corrected chi connectivity index (χ0v) is 21.1. The number of aromatic nitrogens is 1. The Labute approximate surface area is 218 Å². The van der Waals surface area contributed by atoms with Crippen LogP contribution in [-0.4, -0.2) is 54.7 Å². The van der Waals surface area contributed by atoms with Gasteiger partial charge >= 0.3 is 5.97 Å². The number of carboxylic acid groups (broad SMARTS) is 1. The number of rotatable bonds is 8. The number of para-hydroxylation sites is 1. The van der Waals surface area contributed by atoms with Gasteiger partial charge in [-0.3, -0.25) is 4.79 Å². The summed E-state index contributed by atoms with van der Waals surface area (Å²) in [4.78, 5) is 31.9. The smallest absolute Gasteiger partial charge is 0.341 e. The molecule has 1 saturated heterocycles. The van der Waals surface area contributed by atoms with Crippen molar-refractivity contribution in [3.8, 4) is 11.5 Å². The summed E-state index contributed by atoms with van der Waals surface area (Å²) in [6, 6.07) is 8.08. The molecule has 38 heavy (non-hydrogen) atoms. The number of methoxy groups -OCH3 is 2. The number of fused-ring (bicyclic) bond motifs is 1. The molecule has 1 atom stereocenters. The van der Waals surface area contributed by atoms with Crippen molar-refractivity contribution in [3.05, 3.63) is 63.7 Å². The first kappa shape index (κ1) is 25.5. The number of ether oxygens (including phenoxy) is 2. The molecule has 0 radical (unpaired) electrons. The second kappa shape index (κ2) is 10.3. The van der Waals surface area contributed by atoms with Gasteiger partial charge in [0.05, 0.1) is 36.9 Å². The van der Waals surface area contributed by atoms with Gasteiger partial charge in [-0.1, -0.05) is 23.4 Å². The second-order valence-corrected chi connectivity index (χ2v) is 9.42. The van der Waals surface area contributed by atoms with Crippen LogP contribution in [-0.2, 0) is 11.4 Å². The molecule has 1 aliphatic carbocycles. The topological polar surface area (TPSA) is 129 Å². The Morgan fingerprint density at radius 1 is 1.24 bits per heavy atom. The molecule has 3 aromatic rings.